The molecule has 2 aliphatic heterocycles. The molecule has 0 N–H and O–H groups in total. The maximum absolute atomic E-state index is 5.36. The summed E-state index contributed by atoms with van der Waals surface area (Å²) in [5.41, 5.74) is 4.28. The Morgan fingerprint density at radius 1 is 0.618 bits per heavy atom. The van der Waals surface area contributed by atoms with Crippen molar-refractivity contribution in [2.24, 2.45) is 10.2 Å². The van der Waals surface area contributed by atoms with Crippen molar-refractivity contribution < 1.29 is 9.47 Å². The van der Waals surface area contributed by atoms with Crippen LogP contribution in [-0.4, -0.2) is 74.7 Å². The van der Waals surface area contributed by atoms with Gasteiger partial charge in [-0.2, -0.15) is 10.2 Å². The summed E-state index contributed by atoms with van der Waals surface area (Å²) in [6, 6.07) is 16.4. The molecule has 2 fully saturated rings. The molecule has 0 atom stereocenters. The second kappa shape index (κ2) is 12.7. The maximum atomic E-state index is 5.36. The summed E-state index contributed by atoms with van der Waals surface area (Å²) in [6.07, 6.45) is 6.96. The third-order valence-corrected chi connectivity index (χ3v) is 6.86. The number of benzene rings is 2. The van der Waals surface area contributed by atoms with E-state index in [1.807, 2.05) is 24.3 Å². The number of hydrogen-bond acceptors (Lipinski definition) is 6. The molecule has 182 valence electrons. The molecule has 2 saturated heterocycles. The molecule has 0 aromatic heterocycles. The second-order valence-corrected chi connectivity index (χ2v) is 9.15. The summed E-state index contributed by atoms with van der Waals surface area (Å²) in [6.45, 7) is 6.79. The zero-order valence-electron chi connectivity index (χ0n) is 20.7. The number of methoxy groups -OCH3 is 2. The number of nitrogens with zero attached hydrogens (tertiary/aromatic N) is 4. The molecule has 34 heavy (non-hydrogen) atoms. The SMILES string of the molecule is COc1ccc(C(CCN2CCCC2)=NN=C(CCN2CCCC2)c2ccc(OC)cc2)cc1. The Bertz CT molecular complexity index is 862. The van der Waals surface area contributed by atoms with E-state index in [1.54, 1.807) is 14.2 Å². The maximum Gasteiger partial charge on any atom is 0.118 e. The van der Waals surface area contributed by atoms with Gasteiger partial charge >= 0.3 is 0 Å². The van der Waals surface area contributed by atoms with Crippen LogP contribution in [-0.2, 0) is 0 Å². The molecule has 0 saturated carbocycles. The molecule has 0 spiro atoms. The van der Waals surface area contributed by atoms with Crippen LogP contribution in [0.1, 0.15) is 49.7 Å². The Morgan fingerprint density at radius 2 is 0.971 bits per heavy atom. The van der Waals surface area contributed by atoms with E-state index >= 15 is 0 Å². The van der Waals surface area contributed by atoms with Crippen LogP contribution in [0, 0.1) is 0 Å². The molecule has 0 unspecified atom stereocenters. The third kappa shape index (κ3) is 6.90. The molecule has 0 amide bonds. The van der Waals surface area contributed by atoms with Gasteiger partial charge in [0.2, 0.25) is 0 Å². The number of ether oxygens (including phenoxy) is 2. The minimum Gasteiger partial charge on any atom is -0.497 e. The first-order chi connectivity index (χ1) is 16.7. The highest BCUT2D eigenvalue weighted by Gasteiger charge is 2.15. The molecule has 0 radical (unpaired) electrons. The van der Waals surface area contributed by atoms with Crippen LogP contribution in [0.2, 0.25) is 0 Å². The van der Waals surface area contributed by atoms with E-state index in [4.69, 9.17) is 19.7 Å². The van der Waals surface area contributed by atoms with Gasteiger partial charge in [0.05, 0.1) is 25.6 Å². The van der Waals surface area contributed by atoms with Crippen LogP contribution in [0.25, 0.3) is 0 Å². The minimum absolute atomic E-state index is 0.857. The molecule has 0 bridgehead atoms. The monoisotopic (exact) mass is 462 g/mol. The molecule has 6 nitrogen and oxygen atoms in total. The van der Waals surface area contributed by atoms with Crippen molar-refractivity contribution >= 4 is 11.4 Å². The Kier molecular flexibility index (Phi) is 9.11. The van der Waals surface area contributed by atoms with Crippen LogP contribution < -0.4 is 9.47 Å². The average molecular weight is 463 g/mol. The van der Waals surface area contributed by atoms with E-state index in [-0.39, 0.29) is 0 Å². The van der Waals surface area contributed by atoms with Crippen molar-refractivity contribution in [3.05, 3.63) is 59.7 Å². The lowest BCUT2D eigenvalue weighted by molar-refractivity contribution is 0.349. The van der Waals surface area contributed by atoms with Crippen LogP contribution in [0.3, 0.4) is 0 Å². The zero-order valence-corrected chi connectivity index (χ0v) is 20.7. The van der Waals surface area contributed by atoms with Crippen molar-refractivity contribution in [3.63, 3.8) is 0 Å². The summed E-state index contributed by atoms with van der Waals surface area (Å²) in [5, 5.41) is 9.72. The lowest BCUT2D eigenvalue weighted by atomic mass is 10.1. The summed E-state index contributed by atoms with van der Waals surface area (Å²) >= 11 is 0. The van der Waals surface area contributed by atoms with E-state index in [1.165, 1.54) is 51.9 Å². The molecular weight excluding hydrogens is 424 g/mol. The van der Waals surface area contributed by atoms with Crippen LogP contribution in [0.15, 0.2) is 58.7 Å². The highest BCUT2D eigenvalue weighted by Crippen LogP contribution is 2.18. The fraction of sp³-hybridized carbons (Fsp3) is 0.500. The number of likely N-dealkylation sites (tertiary alicyclic amines) is 2. The van der Waals surface area contributed by atoms with Crippen LogP contribution in [0.5, 0.6) is 11.5 Å². The standard InChI is InChI=1S/C28H38N4O2/c1-33-25-11-7-23(8-12-25)27(15-21-31-17-3-4-18-31)29-30-28(16-22-32-19-5-6-20-32)24-9-13-26(34-2)14-10-24/h7-14H,3-6,15-22H2,1-2H3. The Balaban J connectivity index is 1.59. The average Bonchev–Trinajstić information content (AvgIpc) is 3.61. The van der Waals surface area contributed by atoms with Crippen LogP contribution in [0.4, 0.5) is 0 Å². The van der Waals surface area contributed by atoms with Gasteiger partial charge in [0.1, 0.15) is 11.5 Å². The Labute approximate surface area is 204 Å². The van der Waals surface area contributed by atoms with Gasteiger partial charge in [-0.25, -0.2) is 0 Å². The second-order valence-electron chi connectivity index (χ2n) is 9.15. The van der Waals surface area contributed by atoms with Gasteiger partial charge < -0.3 is 19.3 Å². The first-order valence-electron chi connectivity index (χ1n) is 12.6. The van der Waals surface area contributed by atoms with Crippen molar-refractivity contribution in [1.29, 1.82) is 0 Å². The number of rotatable bonds is 11. The summed E-state index contributed by atoms with van der Waals surface area (Å²) in [5.74, 6) is 1.71. The lowest BCUT2D eigenvalue weighted by Gasteiger charge is -2.16. The predicted molar refractivity (Wildman–Crippen MR) is 140 cm³/mol. The van der Waals surface area contributed by atoms with E-state index < -0.39 is 0 Å². The fourth-order valence-corrected chi connectivity index (χ4v) is 4.73. The normalized spacial score (nSPS) is 17.9. The summed E-state index contributed by atoms with van der Waals surface area (Å²) < 4.78 is 10.7. The summed E-state index contributed by atoms with van der Waals surface area (Å²) in [4.78, 5) is 5.06. The molecule has 2 heterocycles. The van der Waals surface area contributed by atoms with Crippen molar-refractivity contribution in [1.82, 2.24) is 9.80 Å². The minimum atomic E-state index is 0.857. The molecule has 0 aliphatic carbocycles. The highest BCUT2D eigenvalue weighted by atomic mass is 16.5. The molecule has 2 aliphatic rings. The Morgan fingerprint density at radius 3 is 1.29 bits per heavy atom. The fourth-order valence-electron chi connectivity index (χ4n) is 4.73. The van der Waals surface area contributed by atoms with E-state index in [0.717, 1.165) is 60.0 Å². The lowest BCUT2D eigenvalue weighted by Crippen LogP contribution is -2.23. The van der Waals surface area contributed by atoms with Crippen molar-refractivity contribution in [3.8, 4) is 11.5 Å². The van der Waals surface area contributed by atoms with E-state index in [0.29, 0.717) is 0 Å². The van der Waals surface area contributed by atoms with Crippen molar-refractivity contribution in [2.45, 2.75) is 38.5 Å². The summed E-state index contributed by atoms with van der Waals surface area (Å²) in [7, 11) is 3.40. The first-order valence-corrected chi connectivity index (χ1v) is 12.6. The van der Waals surface area contributed by atoms with Gasteiger partial charge in [-0.3, -0.25) is 0 Å². The highest BCUT2D eigenvalue weighted by molar-refractivity contribution is 6.03. The first kappa shape index (κ1) is 24.4. The largest absolute Gasteiger partial charge is 0.497 e. The molecule has 4 rings (SSSR count). The molecule has 2 aromatic carbocycles. The van der Waals surface area contributed by atoms with E-state index in [9.17, 15) is 0 Å². The smallest absolute Gasteiger partial charge is 0.118 e. The third-order valence-electron chi connectivity index (χ3n) is 6.86. The number of hydrogen-bond donors (Lipinski definition) is 0. The molecule has 2 aromatic rings. The topological polar surface area (TPSA) is 49.7 Å². The Hall–Kier alpha value is -2.70. The van der Waals surface area contributed by atoms with E-state index in [2.05, 4.69) is 34.1 Å². The quantitative estimate of drug-likeness (QED) is 0.353. The van der Waals surface area contributed by atoms with Crippen LogP contribution >= 0.6 is 0 Å². The van der Waals surface area contributed by atoms with Gasteiger partial charge in [0, 0.05) is 25.9 Å². The van der Waals surface area contributed by atoms with Gasteiger partial charge in [-0.1, -0.05) is 0 Å². The van der Waals surface area contributed by atoms with Gasteiger partial charge in [-0.05, 0) is 112 Å². The van der Waals surface area contributed by atoms with Gasteiger partial charge in [0.25, 0.3) is 0 Å². The molecular formula is C28H38N4O2. The van der Waals surface area contributed by atoms with Crippen molar-refractivity contribution in [2.75, 3.05) is 53.5 Å². The zero-order chi connectivity index (χ0) is 23.6. The van der Waals surface area contributed by atoms with Gasteiger partial charge in [0.15, 0.2) is 0 Å². The molecule has 6 heteroatoms. The van der Waals surface area contributed by atoms with Gasteiger partial charge in [-0.15, -0.1) is 0 Å². The predicted octanol–water partition coefficient (Wildman–Crippen LogP) is 4.87.